The van der Waals surface area contributed by atoms with Crippen molar-refractivity contribution in [2.75, 3.05) is 44.3 Å². The Kier molecular flexibility index (Phi) is 8.56. The first-order valence-electron chi connectivity index (χ1n) is 9.66. The van der Waals surface area contributed by atoms with E-state index >= 15 is 0 Å². The number of aromatic nitrogens is 2. The lowest BCUT2D eigenvalue weighted by atomic mass is 10.1. The third-order valence-corrected chi connectivity index (χ3v) is 6.78. The molecule has 160 valence electrons. The molecule has 2 fully saturated rings. The fourth-order valence-corrected chi connectivity index (χ4v) is 5.32. The number of morpholine rings is 1. The third kappa shape index (κ3) is 6.58. The average molecular weight is 525 g/mol. The molecule has 2 aliphatic rings. The molecule has 0 amide bonds. The van der Waals surface area contributed by atoms with E-state index in [2.05, 4.69) is 29.2 Å². The van der Waals surface area contributed by atoms with Crippen molar-refractivity contribution in [2.45, 2.75) is 26.4 Å². The third-order valence-electron chi connectivity index (χ3n) is 4.94. The SMILES string of the molecule is CC(C)CN=C(NCC1CCS(=O)(=O)C1)N1CCOC(c2cnn(C)c2)C1.I. The second-order valence-corrected chi connectivity index (χ2v) is 10.2. The van der Waals surface area contributed by atoms with E-state index in [1.165, 1.54) is 0 Å². The van der Waals surface area contributed by atoms with Crippen molar-refractivity contribution >= 4 is 39.8 Å². The molecule has 1 aromatic rings. The molecule has 0 aromatic carbocycles. The number of halogens is 1. The topological polar surface area (TPSA) is 88.8 Å². The standard InChI is InChI=1S/C18H31N5O3S.HI/c1-14(2)8-19-18(20-9-15-4-7-27(24,25)13-15)23-5-6-26-17(12-23)16-10-21-22(3)11-16;/h10-11,14-15,17H,4-9,12-13H2,1-3H3,(H,19,20);1H. The summed E-state index contributed by atoms with van der Waals surface area (Å²) in [5, 5.41) is 7.68. The van der Waals surface area contributed by atoms with Gasteiger partial charge in [-0.3, -0.25) is 9.67 Å². The van der Waals surface area contributed by atoms with Crippen LogP contribution in [0.4, 0.5) is 0 Å². The van der Waals surface area contributed by atoms with Gasteiger partial charge in [-0.1, -0.05) is 13.8 Å². The van der Waals surface area contributed by atoms with Gasteiger partial charge in [-0.25, -0.2) is 8.42 Å². The molecular formula is C18H32IN5O3S. The van der Waals surface area contributed by atoms with Crippen LogP contribution in [0.2, 0.25) is 0 Å². The molecule has 0 spiro atoms. The van der Waals surface area contributed by atoms with Gasteiger partial charge in [0, 0.05) is 38.4 Å². The van der Waals surface area contributed by atoms with Gasteiger partial charge in [-0.2, -0.15) is 5.10 Å². The first-order valence-corrected chi connectivity index (χ1v) is 11.5. The van der Waals surface area contributed by atoms with E-state index < -0.39 is 9.84 Å². The summed E-state index contributed by atoms with van der Waals surface area (Å²) >= 11 is 0. The lowest BCUT2D eigenvalue weighted by Crippen LogP contribution is -2.49. The normalized spacial score (nSPS) is 25.0. The Morgan fingerprint density at radius 2 is 2.25 bits per heavy atom. The van der Waals surface area contributed by atoms with Crippen LogP contribution in [0.5, 0.6) is 0 Å². The number of rotatable bonds is 5. The van der Waals surface area contributed by atoms with E-state index in [4.69, 9.17) is 9.73 Å². The summed E-state index contributed by atoms with van der Waals surface area (Å²) < 4.78 is 31.1. The fourth-order valence-electron chi connectivity index (χ4n) is 3.46. The van der Waals surface area contributed by atoms with Crippen LogP contribution in [0, 0.1) is 11.8 Å². The molecule has 10 heteroatoms. The van der Waals surface area contributed by atoms with Gasteiger partial charge in [-0.05, 0) is 18.3 Å². The van der Waals surface area contributed by atoms with E-state index in [-0.39, 0.29) is 41.8 Å². The molecule has 2 unspecified atom stereocenters. The molecule has 1 aromatic heterocycles. The minimum atomic E-state index is -2.86. The summed E-state index contributed by atoms with van der Waals surface area (Å²) in [5.74, 6) is 2.06. The Morgan fingerprint density at radius 1 is 1.46 bits per heavy atom. The molecule has 3 rings (SSSR count). The predicted octanol–water partition coefficient (Wildman–Crippen LogP) is 1.45. The van der Waals surface area contributed by atoms with Gasteiger partial charge in [0.2, 0.25) is 0 Å². The zero-order valence-electron chi connectivity index (χ0n) is 16.9. The second kappa shape index (κ2) is 10.2. The highest BCUT2D eigenvalue weighted by Crippen LogP contribution is 2.22. The van der Waals surface area contributed by atoms with Gasteiger partial charge in [-0.15, -0.1) is 24.0 Å². The molecule has 0 saturated carbocycles. The van der Waals surface area contributed by atoms with Gasteiger partial charge in [0.25, 0.3) is 0 Å². The van der Waals surface area contributed by atoms with E-state index in [9.17, 15) is 8.42 Å². The maximum Gasteiger partial charge on any atom is 0.194 e. The smallest absolute Gasteiger partial charge is 0.194 e. The molecule has 0 bridgehead atoms. The van der Waals surface area contributed by atoms with Gasteiger partial charge < -0.3 is 15.0 Å². The van der Waals surface area contributed by atoms with E-state index in [1.807, 2.05) is 19.4 Å². The average Bonchev–Trinajstić information content (AvgIpc) is 3.20. The Bertz CT molecular complexity index is 765. The van der Waals surface area contributed by atoms with Crippen molar-refractivity contribution in [3.63, 3.8) is 0 Å². The summed E-state index contributed by atoms with van der Waals surface area (Å²) in [4.78, 5) is 7.00. The molecule has 2 aliphatic heterocycles. The molecule has 3 heterocycles. The Labute approximate surface area is 185 Å². The molecular weight excluding hydrogens is 493 g/mol. The molecule has 2 atom stereocenters. The van der Waals surface area contributed by atoms with Crippen LogP contribution in [0.25, 0.3) is 0 Å². The van der Waals surface area contributed by atoms with Gasteiger partial charge in [0.1, 0.15) is 6.10 Å². The summed E-state index contributed by atoms with van der Waals surface area (Å²) in [6, 6.07) is 0. The maximum absolute atomic E-state index is 11.7. The van der Waals surface area contributed by atoms with Crippen LogP contribution in [0.1, 0.15) is 31.9 Å². The molecule has 0 radical (unpaired) electrons. The summed E-state index contributed by atoms with van der Waals surface area (Å²) in [5.41, 5.74) is 1.06. The zero-order valence-corrected chi connectivity index (χ0v) is 20.0. The van der Waals surface area contributed by atoms with Crippen molar-refractivity contribution in [2.24, 2.45) is 23.9 Å². The van der Waals surface area contributed by atoms with Crippen molar-refractivity contribution in [1.82, 2.24) is 20.0 Å². The van der Waals surface area contributed by atoms with Crippen LogP contribution in [0.15, 0.2) is 17.4 Å². The van der Waals surface area contributed by atoms with E-state index in [0.29, 0.717) is 31.4 Å². The lowest BCUT2D eigenvalue weighted by Gasteiger charge is -2.35. The van der Waals surface area contributed by atoms with Gasteiger partial charge in [0.05, 0.1) is 30.9 Å². The monoisotopic (exact) mass is 525 g/mol. The number of hydrogen-bond acceptors (Lipinski definition) is 5. The Balaban J connectivity index is 0.00000280. The molecule has 2 saturated heterocycles. The van der Waals surface area contributed by atoms with Crippen molar-refractivity contribution in [1.29, 1.82) is 0 Å². The summed E-state index contributed by atoms with van der Waals surface area (Å²) in [7, 11) is -0.960. The highest BCUT2D eigenvalue weighted by atomic mass is 127. The lowest BCUT2D eigenvalue weighted by molar-refractivity contribution is -0.00813. The number of sulfone groups is 1. The fraction of sp³-hybridized carbons (Fsp3) is 0.778. The van der Waals surface area contributed by atoms with Crippen molar-refractivity contribution in [3.05, 3.63) is 18.0 Å². The quantitative estimate of drug-likeness (QED) is 0.356. The molecule has 8 nitrogen and oxygen atoms in total. The van der Waals surface area contributed by atoms with Crippen LogP contribution in [0.3, 0.4) is 0 Å². The molecule has 28 heavy (non-hydrogen) atoms. The minimum absolute atomic E-state index is 0. The number of aliphatic imine (C=N–C) groups is 1. The maximum atomic E-state index is 11.7. The van der Waals surface area contributed by atoms with Gasteiger partial charge in [0.15, 0.2) is 15.8 Å². The van der Waals surface area contributed by atoms with Crippen molar-refractivity contribution < 1.29 is 13.2 Å². The summed E-state index contributed by atoms with van der Waals surface area (Å²) in [6.45, 7) is 7.76. The van der Waals surface area contributed by atoms with E-state index in [1.54, 1.807) is 4.68 Å². The van der Waals surface area contributed by atoms with Crippen LogP contribution in [-0.2, 0) is 21.6 Å². The number of aryl methyl sites for hydroxylation is 1. The number of nitrogens with one attached hydrogen (secondary N) is 1. The second-order valence-electron chi connectivity index (χ2n) is 7.96. The predicted molar refractivity (Wildman–Crippen MR) is 121 cm³/mol. The molecule has 0 aliphatic carbocycles. The summed E-state index contributed by atoms with van der Waals surface area (Å²) in [6.07, 6.45) is 4.52. The minimum Gasteiger partial charge on any atom is -0.370 e. The number of hydrogen-bond donors (Lipinski definition) is 1. The van der Waals surface area contributed by atoms with Crippen LogP contribution >= 0.6 is 24.0 Å². The van der Waals surface area contributed by atoms with Gasteiger partial charge >= 0.3 is 0 Å². The first-order chi connectivity index (χ1) is 12.8. The first kappa shape index (κ1) is 23.4. The zero-order chi connectivity index (χ0) is 19.4. The van der Waals surface area contributed by atoms with Crippen molar-refractivity contribution in [3.8, 4) is 0 Å². The Morgan fingerprint density at radius 3 is 2.86 bits per heavy atom. The van der Waals surface area contributed by atoms with E-state index in [0.717, 1.165) is 31.0 Å². The Hall–Kier alpha value is -0.880. The van der Waals surface area contributed by atoms with Crippen LogP contribution in [-0.4, -0.2) is 73.3 Å². The number of ether oxygens (including phenoxy) is 1. The highest BCUT2D eigenvalue weighted by Gasteiger charge is 2.29. The highest BCUT2D eigenvalue weighted by molar-refractivity contribution is 14.0. The number of nitrogens with zero attached hydrogens (tertiary/aromatic N) is 4. The van der Waals surface area contributed by atoms with Crippen LogP contribution < -0.4 is 5.32 Å². The molecule has 1 N–H and O–H groups in total. The largest absolute Gasteiger partial charge is 0.370 e. The number of guanidine groups is 1.